The van der Waals surface area contributed by atoms with Crippen molar-refractivity contribution in [3.8, 4) is 22.3 Å². The molecule has 0 saturated heterocycles. The van der Waals surface area contributed by atoms with Crippen LogP contribution < -0.4 is 0 Å². The first-order valence-corrected chi connectivity index (χ1v) is 8.78. The maximum atomic E-state index is 3.33. The van der Waals surface area contributed by atoms with Crippen molar-refractivity contribution < 1.29 is 32.7 Å². The SMILES string of the molecule is Cn1c2ccccc2c2cc(-c3cc[c-]c(-c4[c-]cccc4)c3)ccc21.[Y]. The topological polar surface area (TPSA) is 4.93 Å². The van der Waals surface area contributed by atoms with Crippen LogP contribution in [0.1, 0.15) is 0 Å². The van der Waals surface area contributed by atoms with Crippen LogP contribution in [-0.2, 0) is 39.8 Å². The van der Waals surface area contributed by atoms with Gasteiger partial charge in [0.2, 0.25) is 0 Å². The molecule has 1 heterocycles. The van der Waals surface area contributed by atoms with E-state index < -0.39 is 0 Å². The fraction of sp³-hybridized carbons (Fsp3) is 0.0400. The Morgan fingerprint density at radius 1 is 0.630 bits per heavy atom. The standard InChI is InChI=1S/C25H17N.Y/c1-26-24-13-6-5-12-22(24)23-17-21(14-15-25(23)26)20-11-7-10-19(16-20)18-8-3-2-4-9-18;/h2-8,11-17H,1H3;/q-2;. The minimum atomic E-state index is 0. The molecule has 0 aliphatic carbocycles. The van der Waals surface area contributed by atoms with E-state index >= 15 is 0 Å². The van der Waals surface area contributed by atoms with Gasteiger partial charge in [-0.15, -0.1) is 17.7 Å². The van der Waals surface area contributed by atoms with Gasteiger partial charge in [-0.25, -0.2) is 11.1 Å². The second-order valence-corrected chi connectivity index (χ2v) is 6.58. The summed E-state index contributed by atoms with van der Waals surface area (Å²) in [6.45, 7) is 0. The van der Waals surface area contributed by atoms with Crippen molar-refractivity contribution >= 4 is 21.8 Å². The van der Waals surface area contributed by atoms with Crippen molar-refractivity contribution in [3.63, 3.8) is 0 Å². The Hall–Kier alpha value is -2.22. The van der Waals surface area contributed by atoms with Crippen LogP contribution in [0.4, 0.5) is 0 Å². The van der Waals surface area contributed by atoms with Crippen LogP contribution in [0.15, 0.2) is 84.9 Å². The molecular weight excluding hydrogens is 403 g/mol. The van der Waals surface area contributed by atoms with E-state index in [4.69, 9.17) is 0 Å². The third-order valence-corrected chi connectivity index (χ3v) is 5.05. The summed E-state index contributed by atoms with van der Waals surface area (Å²) >= 11 is 0. The molecule has 5 aromatic rings. The predicted octanol–water partition coefficient (Wildman–Crippen LogP) is 6.26. The molecule has 0 fully saturated rings. The molecule has 0 unspecified atom stereocenters. The molecule has 27 heavy (non-hydrogen) atoms. The first-order chi connectivity index (χ1) is 12.8. The second-order valence-electron chi connectivity index (χ2n) is 6.58. The Bertz CT molecular complexity index is 1240. The van der Waals surface area contributed by atoms with E-state index in [2.05, 4.69) is 84.4 Å². The smallest absolute Gasteiger partial charge is 0.0489 e. The number of fused-ring (bicyclic) bond motifs is 3. The summed E-state index contributed by atoms with van der Waals surface area (Å²) in [6, 6.07) is 36.3. The molecule has 0 amide bonds. The number of hydrogen-bond acceptors (Lipinski definition) is 0. The summed E-state index contributed by atoms with van der Waals surface area (Å²) in [6.07, 6.45) is 0. The molecule has 0 N–H and O–H groups in total. The zero-order valence-corrected chi connectivity index (χ0v) is 17.9. The summed E-state index contributed by atoms with van der Waals surface area (Å²) in [5, 5.41) is 2.59. The van der Waals surface area contributed by atoms with Crippen molar-refractivity contribution in [1.82, 2.24) is 4.57 Å². The van der Waals surface area contributed by atoms with Gasteiger partial charge in [0.15, 0.2) is 0 Å². The van der Waals surface area contributed by atoms with Crippen molar-refractivity contribution in [3.05, 3.63) is 97.1 Å². The molecule has 1 aromatic heterocycles. The van der Waals surface area contributed by atoms with Gasteiger partial charge in [0.1, 0.15) is 0 Å². The zero-order valence-electron chi connectivity index (χ0n) is 15.1. The molecule has 0 aliphatic rings. The molecule has 2 heteroatoms. The molecule has 4 aromatic carbocycles. The fourth-order valence-corrected chi connectivity index (χ4v) is 3.71. The van der Waals surface area contributed by atoms with Crippen molar-refractivity contribution in [2.45, 2.75) is 0 Å². The van der Waals surface area contributed by atoms with Crippen LogP contribution in [0.3, 0.4) is 0 Å². The van der Waals surface area contributed by atoms with E-state index in [1.54, 1.807) is 0 Å². The van der Waals surface area contributed by atoms with Gasteiger partial charge >= 0.3 is 0 Å². The van der Waals surface area contributed by atoms with Crippen LogP contribution in [0.2, 0.25) is 0 Å². The quantitative estimate of drug-likeness (QED) is 0.297. The Morgan fingerprint density at radius 2 is 1.37 bits per heavy atom. The van der Waals surface area contributed by atoms with Crippen molar-refractivity contribution in [2.75, 3.05) is 0 Å². The van der Waals surface area contributed by atoms with Gasteiger partial charge < -0.3 is 4.57 Å². The number of benzene rings is 4. The molecule has 1 radical (unpaired) electrons. The van der Waals surface area contributed by atoms with Crippen LogP contribution in [0.25, 0.3) is 44.1 Å². The first kappa shape index (κ1) is 18.2. The van der Waals surface area contributed by atoms with Crippen molar-refractivity contribution in [2.24, 2.45) is 7.05 Å². The zero-order chi connectivity index (χ0) is 17.5. The largest absolute Gasteiger partial charge is 0.344 e. The van der Waals surface area contributed by atoms with E-state index in [0.717, 1.165) is 11.1 Å². The van der Waals surface area contributed by atoms with E-state index in [1.165, 1.54) is 32.9 Å². The number of para-hydroxylation sites is 1. The number of hydrogen-bond donors (Lipinski definition) is 0. The number of nitrogens with zero attached hydrogens (tertiary/aromatic N) is 1. The van der Waals surface area contributed by atoms with Gasteiger partial charge in [-0.2, -0.15) is 42.5 Å². The maximum Gasteiger partial charge on any atom is 0.0489 e. The van der Waals surface area contributed by atoms with E-state index in [0.29, 0.717) is 0 Å². The Morgan fingerprint density at radius 3 is 2.22 bits per heavy atom. The van der Waals surface area contributed by atoms with Gasteiger partial charge in [-0.05, 0) is 23.8 Å². The third kappa shape index (κ3) is 3.16. The van der Waals surface area contributed by atoms with Gasteiger partial charge in [0, 0.05) is 61.6 Å². The average molecular weight is 420 g/mol. The van der Waals surface area contributed by atoms with Crippen LogP contribution in [0.5, 0.6) is 0 Å². The van der Waals surface area contributed by atoms with E-state index in [1.807, 2.05) is 24.3 Å². The van der Waals surface area contributed by atoms with E-state index in [-0.39, 0.29) is 32.7 Å². The minimum absolute atomic E-state index is 0. The molecule has 0 saturated carbocycles. The van der Waals surface area contributed by atoms with Crippen molar-refractivity contribution in [1.29, 1.82) is 0 Å². The summed E-state index contributed by atoms with van der Waals surface area (Å²) in [5.41, 5.74) is 7.09. The summed E-state index contributed by atoms with van der Waals surface area (Å²) in [5.74, 6) is 0. The van der Waals surface area contributed by atoms with Crippen LogP contribution >= 0.6 is 0 Å². The number of rotatable bonds is 2. The maximum absolute atomic E-state index is 3.33. The van der Waals surface area contributed by atoms with Gasteiger partial charge in [-0.1, -0.05) is 24.3 Å². The summed E-state index contributed by atoms with van der Waals surface area (Å²) < 4.78 is 2.26. The fourth-order valence-electron chi connectivity index (χ4n) is 3.71. The number of aromatic nitrogens is 1. The molecule has 0 bridgehead atoms. The Labute approximate surface area is 184 Å². The number of aryl methyl sites for hydroxylation is 1. The summed E-state index contributed by atoms with van der Waals surface area (Å²) in [7, 11) is 2.13. The molecule has 127 valence electrons. The van der Waals surface area contributed by atoms with Crippen LogP contribution in [0, 0.1) is 12.1 Å². The average Bonchev–Trinajstić information content (AvgIpc) is 3.01. The first-order valence-electron chi connectivity index (χ1n) is 8.78. The molecule has 0 spiro atoms. The Balaban J connectivity index is 0.00000180. The Kier molecular flexibility index (Phi) is 4.99. The van der Waals surface area contributed by atoms with Gasteiger partial charge in [-0.3, -0.25) is 0 Å². The summed E-state index contributed by atoms with van der Waals surface area (Å²) in [4.78, 5) is 0. The predicted molar refractivity (Wildman–Crippen MR) is 109 cm³/mol. The van der Waals surface area contributed by atoms with E-state index in [9.17, 15) is 0 Å². The van der Waals surface area contributed by atoms with Gasteiger partial charge in [0.05, 0.1) is 0 Å². The monoisotopic (exact) mass is 420 g/mol. The normalized spacial score (nSPS) is 10.9. The van der Waals surface area contributed by atoms with Crippen LogP contribution in [-0.4, -0.2) is 4.57 Å². The molecule has 0 aliphatic heterocycles. The molecule has 1 nitrogen and oxygen atoms in total. The van der Waals surface area contributed by atoms with Gasteiger partial charge in [0.25, 0.3) is 0 Å². The molecular formula is C25H17NY-2. The second kappa shape index (κ2) is 7.42. The minimum Gasteiger partial charge on any atom is -0.344 e. The molecule has 5 rings (SSSR count). The molecule has 0 atom stereocenters. The third-order valence-electron chi connectivity index (χ3n) is 5.05.